The van der Waals surface area contributed by atoms with Gasteiger partial charge >= 0.3 is 0 Å². The van der Waals surface area contributed by atoms with Gasteiger partial charge in [0.25, 0.3) is 0 Å². The lowest BCUT2D eigenvalue weighted by molar-refractivity contribution is -0.0760. The minimum Gasteiger partial charge on any atom is -0.367 e. The van der Waals surface area contributed by atoms with Crippen LogP contribution < -0.4 is 0 Å². The fourth-order valence-corrected chi connectivity index (χ4v) is 4.06. The zero-order valence-electron chi connectivity index (χ0n) is 13.7. The summed E-state index contributed by atoms with van der Waals surface area (Å²) in [5.41, 5.74) is 2.32. The molecule has 0 saturated carbocycles. The molecule has 6 heteroatoms. The molecule has 2 heterocycles. The van der Waals surface area contributed by atoms with E-state index >= 15 is 0 Å². The number of benzene rings is 2. The van der Waals surface area contributed by atoms with Gasteiger partial charge in [0.1, 0.15) is 0 Å². The summed E-state index contributed by atoms with van der Waals surface area (Å²) < 4.78 is 0.987. The molecule has 1 N–H and O–H groups in total. The number of rotatable bonds is 3. The Bertz CT molecular complexity index is 947. The number of aromatic nitrogens is 1. The minimum absolute atomic E-state index is 0.489. The second kappa shape index (κ2) is 6.95. The second-order valence-electron chi connectivity index (χ2n) is 6.30. The third-order valence-corrected chi connectivity index (χ3v) is 5.62. The van der Waals surface area contributed by atoms with Crippen molar-refractivity contribution >= 4 is 39.1 Å². The van der Waals surface area contributed by atoms with E-state index in [1.165, 1.54) is 0 Å². The van der Waals surface area contributed by atoms with Crippen LogP contribution >= 0.6 is 39.1 Å². The molecule has 26 heavy (non-hydrogen) atoms. The maximum Gasteiger partial charge on any atom is 0.172 e. The Balaban J connectivity index is 1.79. The fourth-order valence-electron chi connectivity index (χ4n) is 3.41. The molecular weight excluding hydrogens is 435 g/mol. The van der Waals surface area contributed by atoms with Crippen LogP contribution in [-0.4, -0.2) is 15.0 Å². The van der Waals surface area contributed by atoms with Crippen molar-refractivity contribution in [2.75, 3.05) is 0 Å². The van der Waals surface area contributed by atoms with Crippen LogP contribution in [0, 0.1) is 0 Å². The molecule has 0 fully saturated rings. The molecule has 1 atom stereocenters. The maximum atomic E-state index is 11.8. The molecule has 0 amide bonds. The summed E-state index contributed by atoms with van der Waals surface area (Å²) in [5, 5.41) is 13.0. The van der Waals surface area contributed by atoms with Crippen molar-refractivity contribution in [1.29, 1.82) is 0 Å². The fraction of sp³-hybridized carbons (Fsp3) is 0.150. The van der Waals surface area contributed by atoms with Gasteiger partial charge in [0.2, 0.25) is 0 Å². The predicted octanol–water partition coefficient (Wildman–Crippen LogP) is 5.36. The van der Waals surface area contributed by atoms with Gasteiger partial charge in [-0.05, 0) is 42.0 Å². The Hall–Kier alpha value is -1.43. The van der Waals surface area contributed by atoms with Crippen molar-refractivity contribution in [3.05, 3.63) is 97.7 Å². The first-order chi connectivity index (χ1) is 12.5. The summed E-state index contributed by atoms with van der Waals surface area (Å²) in [7, 11) is 0. The smallest absolute Gasteiger partial charge is 0.172 e. The largest absolute Gasteiger partial charge is 0.367 e. The third-order valence-electron chi connectivity index (χ3n) is 4.65. The van der Waals surface area contributed by atoms with Crippen LogP contribution in [0.5, 0.6) is 0 Å². The maximum absolute atomic E-state index is 11.8. The molecule has 1 aliphatic heterocycles. The van der Waals surface area contributed by atoms with Crippen molar-refractivity contribution in [1.82, 2.24) is 9.88 Å². The highest BCUT2D eigenvalue weighted by Gasteiger charge is 2.45. The predicted molar refractivity (Wildman–Crippen MR) is 107 cm³/mol. The molecule has 1 aliphatic rings. The lowest BCUT2D eigenvalue weighted by Crippen LogP contribution is -2.41. The van der Waals surface area contributed by atoms with Crippen LogP contribution in [0.1, 0.15) is 22.4 Å². The lowest BCUT2D eigenvalue weighted by atomic mass is 9.94. The Labute approximate surface area is 170 Å². The first-order valence-corrected chi connectivity index (χ1v) is 9.64. The monoisotopic (exact) mass is 448 g/mol. The van der Waals surface area contributed by atoms with E-state index in [1.54, 1.807) is 18.3 Å². The molecule has 3 aromatic rings. The van der Waals surface area contributed by atoms with Crippen molar-refractivity contribution in [2.45, 2.75) is 18.8 Å². The highest BCUT2D eigenvalue weighted by atomic mass is 79.9. The lowest BCUT2D eigenvalue weighted by Gasteiger charge is -2.34. The molecule has 0 spiro atoms. The zero-order valence-corrected chi connectivity index (χ0v) is 16.8. The number of pyridine rings is 1. The topological polar surface area (TPSA) is 36.4 Å². The van der Waals surface area contributed by atoms with Gasteiger partial charge in [-0.15, -0.1) is 0 Å². The number of halogens is 3. The Morgan fingerprint density at radius 1 is 1.04 bits per heavy atom. The zero-order chi connectivity index (χ0) is 18.3. The summed E-state index contributed by atoms with van der Waals surface area (Å²) in [6, 6.07) is 17.0. The number of fused-ring (bicyclic) bond motifs is 1. The van der Waals surface area contributed by atoms with E-state index in [0.29, 0.717) is 23.1 Å². The summed E-state index contributed by atoms with van der Waals surface area (Å²) in [5.74, 6) is 0. The van der Waals surface area contributed by atoms with E-state index in [9.17, 15) is 5.11 Å². The molecule has 0 aliphatic carbocycles. The van der Waals surface area contributed by atoms with E-state index < -0.39 is 5.72 Å². The second-order valence-corrected chi connectivity index (χ2v) is 8.09. The van der Waals surface area contributed by atoms with Crippen LogP contribution in [-0.2, 0) is 18.8 Å². The van der Waals surface area contributed by atoms with Crippen LogP contribution in [0.15, 0.2) is 65.3 Å². The Kier molecular flexibility index (Phi) is 4.80. The van der Waals surface area contributed by atoms with Crippen molar-refractivity contribution in [2.24, 2.45) is 0 Å². The van der Waals surface area contributed by atoms with E-state index in [-0.39, 0.29) is 0 Å². The van der Waals surface area contributed by atoms with Gasteiger partial charge < -0.3 is 5.11 Å². The van der Waals surface area contributed by atoms with Crippen LogP contribution in [0.4, 0.5) is 0 Å². The van der Waals surface area contributed by atoms with Crippen LogP contribution in [0.2, 0.25) is 10.0 Å². The first kappa shape index (κ1) is 18.0. The first-order valence-electron chi connectivity index (χ1n) is 8.09. The van der Waals surface area contributed by atoms with Gasteiger partial charge in [0.15, 0.2) is 5.72 Å². The number of aliphatic hydroxyl groups is 1. The molecule has 2 aromatic carbocycles. The van der Waals surface area contributed by atoms with Gasteiger partial charge in [0.05, 0.1) is 10.7 Å². The molecular formula is C20H15BrCl2N2O. The third kappa shape index (κ3) is 3.17. The quantitative estimate of drug-likeness (QED) is 0.584. The summed E-state index contributed by atoms with van der Waals surface area (Å²) >= 11 is 15.5. The summed E-state index contributed by atoms with van der Waals surface area (Å²) in [4.78, 5) is 6.38. The van der Waals surface area contributed by atoms with Gasteiger partial charge in [-0.3, -0.25) is 9.88 Å². The number of hydrogen-bond acceptors (Lipinski definition) is 3. The molecule has 0 saturated heterocycles. The molecule has 1 unspecified atom stereocenters. The molecule has 0 bridgehead atoms. The van der Waals surface area contributed by atoms with Crippen LogP contribution in [0.3, 0.4) is 0 Å². The van der Waals surface area contributed by atoms with Crippen molar-refractivity contribution in [3.8, 4) is 0 Å². The van der Waals surface area contributed by atoms with Crippen molar-refractivity contribution < 1.29 is 5.11 Å². The molecule has 132 valence electrons. The molecule has 0 radical (unpaired) electrons. The average Bonchev–Trinajstić information content (AvgIpc) is 2.90. The Morgan fingerprint density at radius 2 is 1.77 bits per heavy atom. The number of hydrogen-bond donors (Lipinski definition) is 1. The standard InChI is InChI=1S/C20H15BrCl2N2O/c21-15-3-8-19-13(9-15)11-25(12-18-7-6-17(23)10-24-18)20(19,26)14-1-4-16(22)5-2-14/h1-10,26H,11-12H2. The van der Waals surface area contributed by atoms with E-state index in [1.807, 2.05) is 47.4 Å². The summed E-state index contributed by atoms with van der Waals surface area (Å²) in [6.07, 6.45) is 1.62. The van der Waals surface area contributed by atoms with Gasteiger partial charge in [-0.1, -0.05) is 57.3 Å². The highest BCUT2D eigenvalue weighted by molar-refractivity contribution is 9.10. The molecule has 1 aromatic heterocycles. The van der Waals surface area contributed by atoms with Gasteiger partial charge in [-0.2, -0.15) is 0 Å². The molecule has 4 rings (SSSR count). The van der Waals surface area contributed by atoms with E-state index in [0.717, 1.165) is 26.9 Å². The van der Waals surface area contributed by atoms with Gasteiger partial charge in [-0.25, -0.2) is 0 Å². The van der Waals surface area contributed by atoms with Crippen LogP contribution in [0.25, 0.3) is 0 Å². The van der Waals surface area contributed by atoms with Gasteiger partial charge in [0, 0.05) is 39.9 Å². The highest BCUT2D eigenvalue weighted by Crippen LogP contribution is 2.44. The minimum atomic E-state index is -1.25. The average molecular weight is 450 g/mol. The normalized spacial score (nSPS) is 19.5. The van der Waals surface area contributed by atoms with E-state index in [2.05, 4.69) is 20.9 Å². The van der Waals surface area contributed by atoms with Crippen molar-refractivity contribution in [3.63, 3.8) is 0 Å². The van der Waals surface area contributed by atoms with E-state index in [4.69, 9.17) is 23.2 Å². The molecule has 3 nitrogen and oxygen atoms in total. The SMILES string of the molecule is OC1(c2ccc(Cl)cc2)c2ccc(Br)cc2CN1Cc1ccc(Cl)cn1. The Morgan fingerprint density at radius 3 is 2.46 bits per heavy atom. The number of nitrogens with zero attached hydrogens (tertiary/aromatic N) is 2. The summed E-state index contributed by atoms with van der Waals surface area (Å²) in [6.45, 7) is 1.10.